The molecule has 196 valence electrons. The van der Waals surface area contributed by atoms with Crippen LogP contribution in [0.5, 0.6) is 0 Å². The Morgan fingerprint density at radius 3 is 2.00 bits per heavy atom. The molecule has 1 fully saturated rings. The summed E-state index contributed by atoms with van der Waals surface area (Å²) in [5.41, 5.74) is -0.0904. The molecule has 1 N–H and O–H groups in total. The highest BCUT2D eigenvalue weighted by Crippen LogP contribution is 2.28. The molecule has 2 atom stereocenters. The lowest BCUT2D eigenvalue weighted by molar-refractivity contribution is -0.181. The maximum absolute atomic E-state index is 12.8. The van der Waals surface area contributed by atoms with E-state index < -0.39 is 6.29 Å². The number of carbonyl (C=O) groups excluding carboxylic acids is 1. The third-order valence-corrected chi connectivity index (χ3v) is 7.57. The Hall–Kier alpha value is -1.25. The third-order valence-electron chi connectivity index (χ3n) is 6.31. The number of urea groups is 1. The number of ether oxygens (including phenoxy) is 2. The van der Waals surface area contributed by atoms with Crippen molar-refractivity contribution in [1.29, 1.82) is 0 Å². The lowest BCUT2D eigenvalue weighted by Gasteiger charge is -2.27. The number of unbranched alkanes of at least 4 members (excludes halogenated alkanes) is 6. The second-order valence-electron chi connectivity index (χ2n) is 10.7. The van der Waals surface area contributed by atoms with Crippen LogP contribution in [0.2, 0.25) is 0 Å². The molecule has 0 saturated carbocycles. The summed E-state index contributed by atoms with van der Waals surface area (Å²) in [6.45, 7) is 11.1. The number of aromatic nitrogens is 2. The maximum atomic E-state index is 12.8. The van der Waals surface area contributed by atoms with Crippen molar-refractivity contribution in [2.75, 3.05) is 18.9 Å². The quantitative estimate of drug-likeness (QED) is 0.294. The van der Waals surface area contributed by atoms with Gasteiger partial charge in [-0.3, -0.25) is 5.32 Å². The van der Waals surface area contributed by atoms with E-state index in [0.717, 1.165) is 30.7 Å². The summed E-state index contributed by atoms with van der Waals surface area (Å²) in [6.07, 6.45) is 14.1. The number of hydrogen-bond acceptors (Lipinski definition) is 6. The van der Waals surface area contributed by atoms with Crippen LogP contribution in [0.4, 0.5) is 9.93 Å². The van der Waals surface area contributed by atoms with E-state index in [1.807, 2.05) is 0 Å². The van der Waals surface area contributed by atoms with Crippen LogP contribution in [0.1, 0.15) is 117 Å². The summed E-state index contributed by atoms with van der Waals surface area (Å²) in [5, 5.41) is 12.7. The molecule has 1 aromatic rings. The molecule has 1 aliphatic rings. The van der Waals surface area contributed by atoms with Gasteiger partial charge in [-0.05, 0) is 25.7 Å². The third kappa shape index (κ3) is 10.6. The van der Waals surface area contributed by atoms with E-state index in [9.17, 15) is 4.79 Å². The molecular weight excluding hydrogens is 448 g/mol. The van der Waals surface area contributed by atoms with Crippen LogP contribution in [0.3, 0.4) is 0 Å². The average molecular weight is 497 g/mol. The van der Waals surface area contributed by atoms with Gasteiger partial charge in [-0.1, -0.05) is 97.3 Å². The van der Waals surface area contributed by atoms with Crippen LogP contribution < -0.4 is 5.32 Å². The summed E-state index contributed by atoms with van der Waals surface area (Å²) in [5.74, 6) is 0. The first kappa shape index (κ1) is 29.0. The van der Waals surface area contributed by atoms with Gasteiger partial charge in [-0.2, -0.15) is 0 Å². The molecule has 0 spiro atoms. The highest BCUT2D eigenvalue weighted by molar-refractivity contribution is 7.15. The monoisotopic (exact) mass is 496 g/mol. The highest BCUT2D eigenvalue weighted by Gasteiger charge is 2.29. The minimum Gasteiger partial charge on any atom is -0.348 e. The summed E-state index contributed by atoms with van der Waals surface area (Å²) in [6, 6.07) is -0.216. The van der Waals surface area contributed by atoms with Crippen molar-refractivity contribution in [2.45, 2.75) is 136 Å². The Morgan fingerprint density at radius 1 is 0.971 bits per heavy atom. The predicted molar refractivity (Wildman–Crippen MR) is 141 cm³/mol. The van der Waals surface area contributed by atoms with Crippen molar-refractivity contribution in [2.24, 2.45) is 0 Å². The van der Waals surface area contributed by atoms with E-state index in [-0.39, 0.29) is 23.7 Å². The number of anilines is 1. The largest absolute Gasteiger partial charge is 0.348 e. The first-order chi connectivity index (χ1) is 16.2. The molecule has 0 aromatic carbocycles. The number of nitrogens with one attached hydrogen (secondary N) is 1. The van der Waals surface area contributed by atoms with Crippen molar-refractivity contribution >= 4 is 22.5 Å². The van der Waals surface area contributed by atoms with E-state index in [1.165, 1.54) is 62.7 Å². The fourth-order valence-corrected chi connectivity index (χ4v) is 4.94. The molecule has 0 aliphatic carbocycles. The Kier molecular flexibility index (Phi) is 12.8. The van der Waals surface area contributed by atoms with Crippen LogP contribution in [0.25, 0.3) is 0 Å². The number of rotatable bonds is 13. The van der Waals surface area contributed by atoms with Gasteiger partial charge in [0.25, 0.3) is 0 Å². The summed E-state index contributed by atoms with van der Waals surface area (Å²) in [4.78, 5) is 14.5. The highest BCUT2D eigenvalue weighted by atomic mass is 32.1. The lowest BCUT2D eigenvalue weighted by Crippen LogP contribution is -2.41. The summed E-state index contributed by atoms with van der Waals surface area (Å²) < 4.78 is 12.8. The fraction of sp³-hybridized carbons (Fsp3) is 0.885. The van der Waals surface area contributed by atoms with Gasteiger partial charge in [0.05, 0.1) is 18.8 Å². The zero-order chi connectivity index (χ0) is 25.0. The molecular formula is C26H48N4O3S. The minimum atomic E-state index is -0.398. The van der Waals surface area contributed by atoms with Gasteiger partial charge in [0.15, 0.2) is 6.29 Å². The zero-order valence-corrected chi connectivity index (χ0v) is 23.2. The molecule has 0 bridgehead atoms. The van der Waals surface area contributed by atoms with Gasteiger partial charge in [0.2, 0.25) is 5.13 Å². The molecule has 2 unspecified atom stereocenters. The van der Waals surface area contributed by atoms with Crippen LogP contribution >= 0.6 is 11.3 Å². The Morgan fingerprint density at radius 2 is 1.53 bits per heavy atom. The van der Waals surface area contributed by atoms with Crippen molar-refractivity contribution in [1.82, 2.24) is 15.1 Å². The number of hydrogen-bond donors (Lipinski definition) is 1. The van der Waals surface area contributed by atoms with E-state index in [2.05, 4.69) is 50.1 Å². The molecule has 2 heterocycles. The van der Waals surface area contributed by atoms with Crippen molar-refractivity contribution in [3.8, 4) is 0 Å². The molecule has 8 heteroatoms. The molecule has 0 radical (unpaired) electrons. The molecule has 34 heavy (non-hydrogen) atoms. The topological polar surface area (TPSA) is 76.6 Å². The molecule has 1 saturated heterocycles. The van der Waals surface area contributed by atoms with Gasteiger partial charge in [-0.15, -0.1) is 10.2 Å². The molecule has 1 aliphatic heterocycles. The minimum absolute atomic E-state index is 0.0904. The average Bonchev–Trinajstić information content (AvgIpc) is 3.17. The lowest BCUT2D eigenvalue weighted by atomic mass is 9.98. The first-order valence-electron chi connectivity index (χ1n) is 13.4. The van der Waals surface area contributed by atoms with Crippen molar-refractivity contribution in [3.63, 3.8) is 0 Å². The van der Waals surface area contributed by atoms with Gasteiger partial charge in [0.1, 0.15) is 5.01 Å². The van der Waals surface area contributed by atoms with Crippen LogP contribution in [0, 0.1) is 0 Å². The second kappa shape index (κ2) is 15.0. The van der Waals surface area contributed by atoms with Gasteiger partial charge in [0, 0.05) is 12.5 Å². The Labute approximate surface area is 211 Å². The molecule has 2 rings (SSSR count). The standard InChI is InChI=1S/C26H48N4O3S/c1-7-9-11-13-15-20-17-18-21(16-14-12-10-8-2)33-22(32-20)19-30(6)25(31)27-24-29-28-23(34-24)26(3,4)5/h20-22H,7-19H2,1-6H3,(H,27,29,31). The van der Waals surface area contributed by atoms with E-state index >= 15 is 0 Å². The van der Waals surface area contributed by atoms with Crippen molar-refractivity contribution in [3.05, 3.63) is 5.01 Å². The van der Waals surface area contributed by atoms with Gasteiger partial charge >= 0.3 is 6.03 Å². The van der Waals surface area contributed by atoms with E-state index in [0.29, 0.717) is 11.7 Å². The van der Waals surface area contributed by atoms with Gasteiger partial charge < -0.3 is 14.4 Å². The smallest absolute Gasteiger partial charge is 0.323 e. The van der Waals surface area contributed by atoms with Gasteiger partial charge in [-0.25, -0.2) is 4.79 Å². The number of nitrogens with zero attached hydrogens (tertiary/aromatic N) is 3. The van der Waals surface area contributed by atoms with Crippen LogP contribution in [0.15, 0.2) is 0 Å². The summed E-state index contributed by atoms with van der Waals surface area (Å²) in [7, 11) is 1.78. The SMILES string of the molecule is CCCCCCC1CCC(CCCCCC)OC(CN(C)C(=O)Nc2nnc(C(C)(C)C)s2)O1. The molecule has 2 amide bonds. The normalized spacial score (nSPS) is 21.3. The summed E-state index contributed by atoms with van der Waals surface area (Å²) >= 11 is 1.42. The van der Waals surface area contributed by atoms with Crippen molar-refractivity contribution < 1.29 is 14.3 Å². The van der Waals surface area contributed by atoms with E-state index in [1.54, 1.807) is 11.9 Å². The second-order valence-corrected chi connectivity index (χ2v) is 11.7. The predicted octanol–water partition coefficient (Wildman–Crippen LogP) is 7.13. The first-order valence-corrected chi connectivity index (χ1v) is 14.2. The van der Waals surface area contributed by atoms with Crippen LogP contribution in [-0.2, 0) is 14.9 Å². The fourth-order valence-electron chi connectivity index (χ4n) is 4.15. The Balaban J connectivity index is 1.93. The van der Waals surface area contributed by atoms with E-state index in [4.69, 9.17) is 9.47 Å². The number of carbonyl (C=O) groups is 1. The molecule has 7 nitrogen and oxygen atoms in total. The number of amides is 2. The molecule has 1 aromatic heterocycles. The zero-order valence-electron chi connectivity index (χ0n) is 22.4. The Bertz CT molecular complexity index is 684. The van der Waals surface area contributed by atoms with Crippen LogP contribution in [-0.4, -0.2) is 53.2 Å². The number of likely N-dealkylation sites (N-methyl/N-ethyl adjacent to an activating group) is 1. The maximum Gasteiger partial charge on any atom is 0.323 e.